The average molecular weight is 658 g/mol. The van der Waals surface area contributed by atoms with E-state index in [2.05, 4.69) is 25.3 Å². The number of aryl methyl sites for hydroxylation is 2. The number of nitrogens with zero attached hydrogens (tertiary/aromatic N) is 8. The first kappa shape index (κ1) is 30.3. The molecular formula is C29H30F3N9O4S. The van der Waals surface area contributed by atoms with Gasteiger partial charge in [-0.1, -0.05) is 18.3 Å². The van der Waals surface area contributed by atoms with Crippen LogP contribution in [-0.4, -0.2) is 89.2 Å². The van der Waals surface area contributed by atoms with Gasteiger partial charge in [-0.2, -0.15) is 13.2 Å². The van der Waals surface area contributed by atoms with E-state index in [1.807, 2.05) is 11.8 Å². The van der Waals surface area contributed by atoms with E-state index in [1.54, 1.807) is 18.4 Å². The van der Waals surface area contributed by atoms with Crippen LogP contribution in [0.15, 0.2) is 11.1 Å². The lowest BCUT2D eigenvalue weighted by Gasteiger charge is -2.70. The Labute approximate surface area is 263 Å². The van der Waals surface area contributed by atoms with E-state index in [1.165, 1.54) is 22.6 Å². The lowest BCUT2D eigenvalue weighted by Crippen LogP contribution is -2.78. The van der Waals surface area contributed by atoms with Crippen molar-refractivity contribution in [3.63, 3.8) is 0 Å². The minimum absolute atomic E-state index is 0.0271. The highest BCUT2D eigenvalue weighted by atomic mass is 32.1. The predicted octanol–water partition coefficient (Wildman–Crippen LogP) is 2.64. The number of carbonyl (C=O) groups excluding carboxylic acids is 2. The molecule has 3 saturated carbocycles. The molecule has 8 rings (SSSR count). The van der Waals surface area contributed by atoms with Crippen molar-refractivity contribution in [3.8, 4) is 5.75 Å². The Morgan fingerprint density at radius 2 is 1.76 bits per heavy atom. The smallest absolute Gasteiger partial charge is 0.394 e. The van der Waals surface area contributed by atoms with E-state index in [0.29, 0.717) is 33.3 Å². The van der Waals surface area contributed by atoms with Crippen LogP contribution in [0.3, 0.4) is 0 Å². The number of hydrogen-bond acceptors (Lipinski definition) is 11. The van der Waals surface area contributed by atoms with E-state index in [-0.39, 0.29) is 85.7 Å². The monoisotopic (exact) mass is 657 g/mol. The zero-order chi connectivity index (χ0) is 32.8. The Hall–Kier alpha value is -4.41. The number of rotatable bonds is 6. The van der Waals surface area contributed by atoms with Gasteiger partial charge in [0.2, 0.25) is 11.3 Å². The number of amides is 2. The van der Waals surface area contributed by atoms with Crippen LogP contribution in [0, 0.1) is 19.3 Å². The molecule has 2 amide bonds. The molecule has 4 aromatic rings. The molecule has 0 unspecified atom stereocenters. The van der Waals surface area contributed by atoms with Gasteiger partial charge < -0.3 is 24.8 Å². The van der Waals surface area contributed by atoms with E-state index in [0.717, 1.165) is 0 Å². The number of carbonyl (C=O) groups is 2. The van der Waals surface area contributed by atoms with E-state index >= 15 is 0 Å². The largest absolute Gasteiger partial charge is 0.504 e. The van der Waals surface area contributed by atoms with Crippen molar-refractivity contribution in [2.45, 2.75) is 64.7 Å². The van der Waals surface area contributed by atoms with Crippen LogP contribution in [0.1, 0.15) is 53.1 Å². The molecule has 0 atom stereocenters. The Bertz CT molecular complexity index is 1980. The topological polar surface area (TPSA) is 159 Å². The molecule has 46 heavy (non-hydrogen) atoms. The first-order valence-electron chi connectivity index (χ1n) is 14.9. The van der Waals surface area contributed by atoms with Crippen molar-refractivity contribution in [3.05, 3.63) is 38.6 Å². The van der Waals surface area contributed by atoms with Crippen LogP contribution in [0.5, 0.6) is 5.75 Å². The number of alkyl halides is 3. The van der Waals surface area contributed by atoms with Crippen LogP contribution in [0.2, 0.25) is 0 Å². The summed E-state index contributed by atoms with van der Waals surface area (Å²) in [4.78, 5) is 66.1. The number of aromatic hydroxyl groups is 1. The van der Waals surface area contributed by atoms with Crippen molar-refractivity contribution in [2.75, 3.05) is 31.1 Å². The Balaban J connectivity index is 1.22. The van der Waals surface area contributed by atoms with Gasteiger partial charge in [0, 0.05) is 37.4 Å². The van der Waals surface area contributed by atoms with Gasteiger partial charge in [-0.05, 0) is 39.5 Å². The summed E-state index contributed by atoms with van der Waals surface area (Å²) in [6, 6.07) is 0. The molecule has 0 radical (unpaired) electrons. The van der Waals surface area contributed by atoms with Crippen LogP contribution in [0.25, 0.3) is 21.6 Å². The fourth-order valence-electron chi connectivity index (χ4n) is 7.16. The lowest BCUT2D eigenvalue weighted by molar-refractivity contribution is -0.337. The van der Waals surface area contributed by atoms with Gasteiger partial charge in [0.25, 0.3) is 5.91 Å². The zero-order valence-electron chi connectivity index (χ0n) is 25.2. The van der Waals surface area contributed by atoms with Crippen molar-refractivity contribution >= 4 is 50.5 Å². The van der Waals surface area contributed by atoms with Gasteiger partial charge in [0.1, 0.15) is 18.6 Å². The van der Waals surface area contributed by atoms with Crippen LogP contribution >= 0.6 is 11.3 Å². The zero-order valence-corrected chi connectivity index (χ0v) is 26.0. The highest BCUT2D eigenvalue weighted by Gasteiger charge is 2.78. The average Bonchev–Trinajstić information content (AvgIpc) is 3.34. The highest BCUT2D eigenvalue weighted by molar-refractivity contribution is 7.18. The number of halogens is 3. The number of aromatic nitrogens is 6. The maximum Gasteiger partial charge on any atom is 0.394 e. The van der Waals surface area contributed by atoms with Gasteiger partial charge in [-0.3, -0.25) is 14.4 Å². The van der Waals surface area contributed by atoms with E-state index in [4.69, 9.17) is 4.98 Å². The summed E-state index contributed by atoms with van der Waals surface area (Å²) in [7, 11) is 0. The summed E-state index contributed by atoms with van der Waals surface area (Å²) in [6.45, 7) is 5.92. The molecule has 17 heteroatoms. The third kappa shape index (κ3) is 4.57. The number of hydrogen-bond donors (Lipinski definition) is 2. The first-order chi connectivity index (χ1) is 21.7. The fraction of sp³-hybridized carbons (Fsp3) is 0.517. The number of pyridine rings is 1. The predicted molar refractivity (Wildman–Crippen MR) is 161 cm³/mol. The molecular weight excluding hydrogens is 627 g/mol. The molecule has 2 N–H and O–H groups in total. The van der Waals surface area contributed by atoms with Gasteiger partial charge in [-0.15, -0.1) is 0 Å². The summed E-state index contributed by atoms with van der Waals surface area (Å²) in [5.41, 5.74) is -1.41. The number of thiazole rings is 1. The molecule has 4 fully saturated rings. The van der Waals surface area contributed by atoms with Crippen LogP contribution in [0.4, 0.5) is 18.9 Å². The minimum atomic E-state index is -4.30. The van der Waals surface area contributed by atoms with E-state index < -0.39 is 28.9 Å². The Morgan fingerprint density at radius 3 is 2.41 bits per heavy atom. The van der Waals surface area contributed by atoms with Crippen molar-refractivity contribution in [1.29, 1.82) is 0 Å². The Kier molecular flexibility index (Phi) is 6.77. The molecule has 13 nitrogen and oxygen atoms in total. The van der Waals surface area contributed by atoms with Crippen molar-refractivity contribution in [2.24, 2.45) is 5.41 Å². The van der Waals surface area contributed by atoms with Crippen LogP contribution < -0.4 is 15.6 Å². The minimum Gasteiger partial charge on any atom is -0.504 e. The standard InChI is InChI=1S/C29H30F3N9O4S/c1-4-16-20(39-5-7-40(8-6-39)26(45)19-21(43)14(2)33-13-34-19)22(44)18-24(37-25-23(36-18)35-15(3)46-25)41(16)9-17(42)38-28-10-27(11-28,12-28)29(30,31)32/h13,43H,4-12H2,1-3H3,(H,38,42). The van der Waals surface area contributed by atoms with Gasteiger partial charge in [-0.25, -0.2) is 24.9 Å². The molecule has 242 valence electrons. The third-order valence-corrected chi connectivity index (χ3v) is 10.2. The van der Waals surface area contributed by atoms with E-state index in [9.17, 15) is 32.7 Å². The number of fused-ring (bicyclic) bond motifs is 2. The molecule has 1 aliphatic heterocycles. The second kappa shape index (κ2) is 10.3. The maximum absolute atomic E-state index is 14.1. The summed E-state index contributed by atoms with van der Waals surface area (Å²) in [5.74, 6) is -1.22. The molecule has 0 spiro atoms. The molecule has 4 aliphatic rings. The summed E-state index contributed by atoms with van der Waals surface area (Å²) < 4.78 is 41.9. The summed E-state index contributed by atoms with van der Waals surface area (Å²) >= 11 is 1.30. The third-order valence-electron chi connectivity index (χ3n) is 9.38. The SMILES string of the molecule is CCc1c(N2CCN(C(=O)c3ncnc(C)c3O)CC2)c(=O)c2nc3nc(C)sc3nc2n1CC(=O)NC12CC(C(F)(F)F)(C1)C2. The molecule has 3 aliphatic carbocycles. The number of nitrogens with one attached hydrogen (secondary N) is 1. The van der Waals surface area contributed by atoms with Crippen molar-refractivity contribution in [1.82, 2.24) is 39.7 Å². The molecule has 4 aromatic heterocycles. The van der Waals surface area contributed by atoms with Gasteiger partial charge in [0.05, 0.1) is 16.1 Å². The highest BCUT2D eigenvalue weighted by Crippen LogP contribution is 2.73. The number of piperazine rings is 1. The summed E-state index contributed by atoms with van der Waals surface area (Å²) in [6.07, 6.45) is -3.16. The molecule has 5 heterocycles. The maximum atomic E-state index is 14.1. The van der Waals surface area contributed by atoms with Crippen LogP contribution in [-0.2, 0) is 17.8 Å². The van der Waals surface area contributed by atoms with Crippen molar-refractivity contribution < 1.29 is 27.9 Å². The second-order valence-electron chi connectivity index (χ2n) is 12.4. The quantitative estimate of drug-likeness (QED) is 0.316. The Morgan fingerprint density at radius 1 is 1.07 bits per heavy atom. The fourth-order valence-corrected chi connectivity index (χ4v) is 7.88. The summed E-state index contributed by atoms with van der Waals surface area (Å²) in [5, 5.41) is 13.9. The first-order valence-corrected chi connectivity index (χ1v) is 15.7. The molecule has 2 bridgehead atoms. The van der Waals surface area contributed by atoms with Gasteiger partial charge in [0.15, 0.2) is 33.1 Å². The normalized spacial score (nSPS) is 22.6. The lowest BCUT2D eigenvalue weighted by atomic mass is 9.39. The number of anilines is 1. The van der Waals surface area contributed by atoms with Gasteiger partial charge >= 0.3 is 6.18 Å². The molecule has 1 saturated heterocycles. The second-order valence-corrected chi connectivity index (χ2v) is 13.6. The molecule has 0 aromatic carbocycles.